The number of carboxylic acid groups (broad SMARTS) is 4. The number of nitrogens with two attached hydrogens (primary N) is 1. The van der Waals surface area contributed by atoms with Crippen LogP contribution in [0, 0.1) is 0 Å². The van der Waals surface area contributed by atoms with Crippen LogP contribution in [-0.2, 0) is 19.2 Å². The Morgan fingerprint density at radius 2 is 1.28 bits per heavy atom. The number of hydrogen-bond donors (Lipinski definition) is 4. The maximum atomic E-state index is 11.1. The van der Waals surface area contributed by atoms with E-state index in [9.17, 15) is 29.4 Å². The van der Waals surface area contributed by atoms with Crippen molar-refractivity contribution in [3.05, 3.63) is 0 Å². The molecule has 25 heavy (non-hydrogen) atoms. The normalized spacial score (nSPS) is 11.0. The maximum Gasteiger partial charge on any atom is 1.00 e. The molecule has 0 rings (SSSR count). The Hall–Kier alpha value is -0.200. The number of carboxylic acids is 4. The van der Waals surface area contributed by atoms with Gasteiger partial charge in [-0.05, 0) is 13.0 Å². The van der Waals surface area contributed by atoms with Crippen LogP contribution < -0.4 is 80.4 Å². The van der Waals surface area contributed by atoms with Gasteiger partial charge in [0, 0.05) is 30.3 Å². The van der Waals surface area contributed by atoms with Gasteiger partial charge in [0.2, 0.25) is 0 Å². The van der Waals surface area contributed by atoms with Crippen LogP contribution >= 0.6 is 0 Å². The number of aliphatic carboxylic acids is 4. The third-order valence-electron chi connectivity index (χ3n) is 3.49. The molecule has 10 nitrogen and oxygen atoms in total. The molecular formula is C13H20N2Na2O8. The van der Waals surface area contributed by atoms with E-state index >= 15 is 0 Å². The first-order valence-electron chi connectivity index (χ1n) is 6.85. The molecule has 0 aliphatic rings. The molecule has 0 spiro atoms. The summed E-state index contributed by atoms with van der Waals surface area (Å²) in [6, 6.07) is 0. The smallest absolute Gasteiger partial charge is 0.550 e. The second-order valence-electron chi connectivity index (χ2n) is 5.40. The van der Waals surface area contributed by atoms with E-state index in [1.807, 2.05) is 0 Å². The average molecular weight is 378 g/mol. The molecule has 0 radical (unpaired) electrons. The summed E-state index contributed by atoms with van der Waals surface area (Å²) in [4.78, 5) is 44.2. The standard InChI is InChI=1S/C13H22N2O8.2Na/c1-2-3-15-13(6-10(20)21,7-11(22)23)12(14,4-8(16)17)5-9(18)19;;/h15H,2-7,14H2,1H3,(H,16,17)(H,18,19)(H,20,21)(H,22,23);;/q;2*+1/p-2. The predicted molar refractivity (Wildman–Crippen MR) is 71.7 cm³/mol. The second-order valence-corrected chi connectivity index (χ2v) is 5.40. The Bertz CT molecular complexity index is 455. The third-order valence-corrected chi connectivity index (χ3v) is 3.49. The first-order chi connectivity index (χ1) is 10.5. The Morgan fingerprint density at radius 3 is 1.52 bits per heavy atom. The van der Waals surface area contributed by atoms with E-state index in [0.29, 0.717) is 6.42 Å². The van der Waals surface area contributed by atoms with Gasteiger partial charge in [-0.2, -0.15) is 0 Å². The number of nitrogens with one attached hydrogen (secondary N) is 1. The summed E-state index contributed by atoms with van der Waals surface area (Å²) in [6.07, 6.45) is -3.40. The first kappa shape index (κ1) is 29.6. The molecule has 0 aromatic heterocycles. The van der Waals surface area contributed by atoms with E-state index < -0.39 is 60.6 Å². The molecule has 0 unspecified atom stereocenters. The molecule has 0 bridgehead atoms. The van der Waals surface area contributed by atoms with Crippen molar-refractivity contribution in [2.45, 2.75) is 50.1 Å². The fourth-order valence-electron chi connectivity index (χ4n) is 2.51. The van der Waals surface area contributed by atoms with Gasteiger partial charge in [0.05, 0.1) is 18.4 Å². The van der Waals surface area contributed by atoms with Crippen LogP contribution in [0.3, 0.4) is 0 Å². The molecule has 0 aliphatic carbocycles. The Balaban J connectivity index is -0.00000242. The van der Waals surface area contributed by atoms with Crippen molar-refractivity contribution >= 4 is 23.9 Å². The molecule has 5 N–H and O–H groups in total. The summed E-state index contributed by atoms with van der Waals surface area (Å²) in [6.45, 7) is 1.79. The van der Waals surface area contributed by atoms with Crippen molar-refractivity contribution in [2.75, 3.05) is 6.54 Å². The van der Waals surface area contributed by atoms with Crippen molar-refractivity contribution in [3.63, 3.8) is 0 Å². The van der Waals surface area contributed by atoms with Crippen LogP contribution in [0.15, 0.2) is 0 Å². The predicted octanol–water partition coefficient (Wildman–Crippen LogP) is -9.34. The largest absolute Gasteiger partial charge is 1.00 e. The quantitative estimate of drug-likeness (QED) is 0.237. The molecule has 132 valence electrons. The molecule has 0 heterocycles. The SMILES string of the molecule is CCCNC(CC(=O)[O-])(CC(=O)[O-])C(N)(CC(=O)O)CC(=O)O.[Na+].[Na+]. The molecule has 0 aliphatic heterocycles. The minimum atomic E-state index is -2.18. The maximum absolute atomic E-state index is 11.1. The fourth-order valence-corrected chi connectivity index (χ4v) is 2.51. The van der Waals surface area contributed by atoms with Crippen molar-refractivity contribution in [1.29, 1.82) is 0 Å². The summed E-state index contributed by atoms with van der Waals surface area (Å²) in [5.41, 5.74) is 1.69. The summed E-state index contributed by atoms with van der Waals surface area (Å²) >= 11 is 0. The number of rotatable bonds is 12. The van der Waals surface area contributed by atoms with E-state index in [0.717, 1.165) is 0 Å². The van der Waals surface area contributed by atoms with Gasteiger partial charge in [-0.15, -0.1) is 0 Å². The number of carbonyl (C=O) groups excluding carboxylic acids is 2. The summed E-state index contributed by atoms with van der Waals surface area (Å²) in [5.74, 6) is -6.37. The monoisotopic (exact) mass is 378 g/mol. The minimum absolute atomic E-state index is 0. The fraction of sp³-hybridized carbons (Fsp3) is 0.692. The van der Waals surface area contributed by atoms with Crippen LogP contribution in [0.5, 0.6) is 0 Å². The van der Waals surface area contributed by atoms with Crippen LogP contribution in [0.25, 0.3) is 0 Å². The van der Waals surface area contributed by atoms with Gasteiger partial charge < -0.3 is 41.1 Å². The Labute approximate surface area is 189 Å². The Morgan fingerprint density at radius 1 is 0.920 bits per heavy atom. The van der Waals surface area contributed by atoms with Crippen molar-refractivity contribution in [1.82, 2.24) is 5.32 Å². The van der Waals surface area contributed by atoms with Crippen LogP contribution in [0.1, 0.15) is 39.0 Å². The van der Waals surface area contributed by atoms with Gasteiger partial charge in [-0.25, -0.2) is 0 Å². The van der Waals surface area contributed by atoms with Crippen LogP contribution in [0.4, 0.5) is 0 Å². The van der Waals surface area contributed by atoms with E-state index in [1.165, 1.54) is 0 Å². The summed E-state index contributed by atoms with van der Waals surface area (Å²) in [7, 11) is 0. The van der Waals surface area contributed by atoms with Gasteiger partial charge in [-0.1, -0.05) is 6.92 Å². The van der Waals surface area contributed by atoms with E-state index in [1.54, 1.807) is 6.92 Å². The van der Waals surface area contributed by atoms with Crippen molar-refractivity contribution in [3.8, 4) is 0 Å². The molecule has 12 heteroatoms. The molecule has 0 aromatic rings. The van der Waals surface area contributed by atoms with Gasteiger partial charge in [0.15, 0.2) is 0 Å². The summed E-state index contributed by atoms with van der Waals surface area (Å²) < 4.78 is 0. The molecule has 0 amide bonds. The number of carbonyl (C=O) groups is 4. The third kappa shape index (κ3) is 9.90. The summed E-state index contributed by atoms with van der Waals surface area (Å²) in [5, 5.41) is 42.7. The first-order valence-corrected chi connectivity index (χ1v) is 6.85. The molecule has 0 saturated carbocycles. The van der Waals surface area contributed by atoms with E-state index in [4.69, 9.17) is 15.9 Å². The zero-order valence-corrected chi connectivity index (χ0v) is 18.7. The molecule has 0 atom stereocenters. The van der Waals surface area contributed by atoms with Crippen molar-refractivity contribution in [2.24, 2.45) is 5.73 Å². The number of hydrogen-bond acceptors (Lipinski definition) is 8. The van der Waals surface area contributed by atoms with Crippen LogP contribution in [0.2, 0.25) is 0 Å². The van der Waals surface area contributed by atoms with Crippen molar-refractivity contribution < 1.29 is 98.7 Å². The van der Waals surface area contributed by atoms with Gasteiger partial charge >= 0.3 is 71.1 Å². The zero-order valence-electron chi connectivity index (χ0n) is 14.7. The molecule has 0 fully saturated rings. The minimum Gasteiger partial charge on any atom is -0.550 e. The second kappa shape index (κ2) is 13.0. The van der Waals surface area contributed by atoms with Gasteiger partial charge in [-0.3, -0.25) is 9.59 Å². The molecular weight excluding hydrogens is 358 g/mol. The zero-order chi connectivity index (χ0) is 18.3. The van der Waals surface area contributed by atoms with E-state index in [2.05, 4.69) is 5.32 Å². The molecule has 0 saturated heterocycles. The topological polar surface area (TPSA) is 193 Å². The van der Waals surface area contributed by atoms with Gasteiger partial charge in [0.25, 0.3) is 0 Å². The van der Waals surface area contributed by atoms with E-state index in [-0.39, 0.29) is 65.7 Å². The average Bonchev–Trinajstić information content (AvgIpc) is 2.32. The Kier molecular flexibility index (Phi) is 15.4. The molecule has 0 aromatic carbocycles. The van der Waals surface area contributed by atoms with Gasteiger partial charge in [0.1, 0.15) is 0 Å². The van der Waals surface area contributed by atoms with Crippen LogP contribution in [-0.4, -0.2) is 51.7 Å².